The first-order valence-electron chi connectivity index (χ1n) is 17.4. The van der Waals surface area contributed by atoms with Crippen LogP contribution in [0.1, 0.15) is 80.9 Å². The van der Waals surface area contributed by atoms with Gasteiger partial charge in [-0.3, -0.25) is 19.9 Å². The van der Waals surface area contributed by atoms with Gasteiger partial charge in [-0.2, -0.15) is 0 Å². The fourth-order valence-corrected chi connectivity index (χ4v) is 5.21. The number of methoxy groups -OCH3 is 1. The smallest absolute Gasteiger partial charge is 0.408 e. The lowest BCUT2D eigenvalue weighted by Crippen LogP contribution is -2.44. The minimum atomic E-state index is -0.819. The molecule has 0 aliphatic heterocycles. The topological polar surface area (TPSA) is 239 Å². The number of nitrogens with two attached hydrogens (primary N) is 3. The number of unbranched alkanes of at least 4 members (excludes halogenated alkanes) is 2. The van der Waals surface area contributed by atoms with Crippen LogP contribution in [0, 0.1) is 0 Å². The van der Waals surface area contributed by atoms with E-state index in [9.17, 15) is 19.2 Å². The number of nitrogens with zero attached hydrogens (tertiary/aromatic N) is 3. The first-order chi connectivity index (χ1) is 25.1. The van der Waals surface area contributed by atoms with Crippen LogP contribution in [0.25, 0.3) is 11.1 Å². The van der Waals surface area contributed by atoms with Crippen molar-refractivity contribution in [2.75, 3.05) is 31.7 Å². The third-order valence-electron chi connectivity index (χ3n) is 7.82. The van der Waals surface area contributed by atoms with E-state index in [1.54, 1.807) is 20.8 Å². The third-order valence-corrected chi connectivity index (χ3v) is 8.10. The van der Waals surface area contributed by atoms with E-state index in [4.69, 9.17) is 38.3 Å². The molecule has 0 aliphatic rings. The molecule has 0 unspecified atom stereocenters. The van der Waals surface area contributed by atoms with Gasteiger partial charge in [-0.15, -0.1) is 0 Å². The fraction of sp³-hybridized carbons (Fsp3) is 0.432. The van der Waals surface area contributed by atoms with Crippen LogP contribution in [-0.2, 0) is 31.9 Å². The molecule has 3 aromatic rings. The van der Waals surface area contributed by atoms with Crippen LogP contribution in [0.15, 0.2) is 53.5 Å². The summed E-state index contributed by atoms with van der Waals surface area (Å²) in [7, 11) is 1.27. The van der Waals surface area contributed by atoms with E-state index in [0.29, 0.717) is 45.2 Å². The number of rotatable bonds is 17. The van der Waals surface area contributed by atoms with Gasteiger partial charge in [-0.1, -0.05) is 60.1 Å². The van der Waals surface area contributed by atoms with Crippen molar-refractivity contribution in [2.24, 2.45) is 10.7 Å². The number of guanidine groups is 1. The van der Waals surface area contributed by atoms with E-state index in [-0.39, 0.29) is 34.3 Å². The largest absolute Gasteiger partial charge is 0.467 e. The summed E-state index contributed by atoms with van der Waals surface area (Å²) < 4.78 is 10.0. The molecule has 0 radical (unpaired) electrons. The van der Waals surface area contributed by atoms with Crippen molar-refractivity contribution in [1.29, 1.82) is 0 Å². The number of hydrogen-bond acceptors (Lipinski definition) is 11. The second-order valence-corrected chi connectivity index (χ2v) is 13.6. The number of benzene rings is 2. The standard InChI is InChI=1S/C37H50ClN9O6/c1-37(2,3)53-36(51)44-27(34(50)52-4)10-6-8-21-42-28(48)20-15-24-13-18-26(19-14-24)25-16-11-23(12-17-25)9-5-7-22-43-35(41)47-33(49)29-31(39)46-32(40)30(38)45-29/h11-14,16-19,27H,5-10,15,20-22H2,1-4H3,(H,42,48)(H,44,51)(H4,39,40,46)(H3,41,43,47,49)/t27-/m0/s1. The monoisotopic (exact) mass is 751 g/mol. The SMILES string of the molecule is COC(=O)[C@H](CCCCNC(=O)CCc1ccc(-c2ccc(CCCCN=C(N)NC(=O)c3nc(Cl)c(N)nc3N)cc2)cc1)NC(=O)OC(C)(C)C. The highest BCUT2D eigenvalue weighted by Crippen LogP contribution is 2.22. The molecule has 53 heavy (non-hydrogen) atoms. The van der Waals surface area contributed by atoms with Crippen molar-refractivity contribution in [3.8, 4) is 11.1 Å². The number of alkyl carbamates (subject to hydrolysis) is 1. The molecule has 0 aliphatic carbocycles. The third kappa shape index (κ3) is 15.0. The molecule has 286 valence electrons. The Bertz CT molecular complexity index is 1730. The molecule has 0 bridgehead atoms. The molecule has 0 saturated carbocycles. The summed E-state index contributed by atoms with van der Waals surface area (Å²) in [6.07, 6.45) is 4.39. The number of nitrogen functional groups attached to an aromatic ring is 2. The van der Waals surface area contributed by atoms with Crippen molar-refractivity contribution in [3.63, 3.8) is 0 Å². The summed E-state index contributed by atoms with van der Waals surface area (Å²) in [6.45, 7) is 6.12. The predicted octanol–water partition coefficient (Wildman–Crippen LogP) is 4.31. The predicted molar refractivity (Wildman–Crippen MR) is 205 cm³/mol. The maximum Gasteiger partial charge on any atom is 0.408 e. The lowest BCUT2D eigenvalue weighted by atomic mass is 9.99. The Morgan fingerprint density at radius 2 is 1.49 bits per heavy atom. The highest BCUT2D eigenvalue weighted by molar-refractivity contribution is 6.31. The Hall–Kier alpha value is -5.44. The fourth-order valence-electron chi connectivity index (χ4n) is 5.08. The normalized spacial score (nSPS) is 12.1. The zero-order chi connectivity index (χ0) is 39.0. The Morgan fingerprint density at radius 3 is 2.09 bits per heavy atom. The van der Waals surface area contributed by atoms with Gasteiger partial charge in [-0.25, -0.2) is 19.6 Å². The van der Waals surface area contributed by atoms with Gasteiger partial charge in [0.2, 0.25) is 5.91 Å². The first-order valence-corrected chi connectivity index (χ1v) is 17.7. The minimum Gasteiger partial charge on any atom is -0.467 e. The molecule has 3 rings (SSSR count). The van der Waals surface area contributed by atoms with Gasteiger partial charge in [-0.05, 0) is 88.0 Å². The van der Waals surface area contributed by atoms with E-state index in [1.165, 1.54) is 12.7 Å². The molecule has 15 nitrogen and oxygen atoms in total. The Morgan fingerprint density at radius 1 is 0.868 bits per heavy atom. The maximum atomic E-state index is 12.4. The van der Waals surface area contributed by atoms with Crippen LogP contribution >= 0.6 is 11.6 Å². The van der Waals surface area contributed by atoms with E-state index in [0.717, 1.165) is 36.0 Å². The van der Waals surface area contributed by atoms with Gasteiger partial charge in [0.05, 0.1) is 7.11 Å². The average molecular weight is 752 g/mol. The Labute approximate surface area is 314 Å². The summed E-state index contributed by atoms with van der Waals surface area (Å²) in [5.41, 5.74) is 20.6. The summed E-state index contributed by atoms with van der Waals surface area (Å²) >= 11 is 5.82. The Balaban J connectivity index is 1.33. The molecule has 1 atom stereocenters. The number of esters is 1. The highest BCUT2D eigenvalue weighted by atomic mass is 35.5. The summed E-state index contributed by atoms with van der Waals surface area (Å²) in [6, 6.07) is 15.7. The van der Waals surface area contributed by atoms with Crippen molar-refractivity contribution < 1.29 is 28.7 Å². The second-order valence-electron chi connectivity index (χ2n) is 13.3. The Kier molecular flexibility index (Phi) is 16.3. The van der Waals surface area contributed by atoms with Gasteiger partial charge in [0.25, 0.3) is 5.91 Å². The number of ether oxygens (including phenoxy) is 2. The first kappa shape index (κ1) is 42.0. The minimum absolute atomic E-state index is 0.0517. The number of aliphatic imine (C=N–C) groups is 1. The molecule has 16 heteroatoms. The lowest BCUT2D eigenvalue weighted by molar-refractivity contribution is -0.143. The molecule has 3 amide bonds. The molecular formula is C37H50ClN9O6. The van der Waals surface area contributed by atoms with Crippen molar-refractivity contribution >= 4 is 53.1 Å². The van der Waals surface area contributed by atoms with Gasteiger partial charge in [0.15, 0.2) is 28.4 Å². The summed E-state index contributed by atoms with van der Waals surface area (Å²) in [5, 5.41) is 7.76. The number of halogens is 1. The zero-order valence-electron chi connectivity index (χ0n) is 30.7. The molecule has 0 spiro atoms. The van der Waals surface area contributed by atoms with Gasteiger partial charge in [0, 0.05) is 19.5 Å². The van der Waals surface area contributed by atoms with E-state index in [2.05, 4.69) is 67.3 Å². The number of nitrogens with one attached hydrogen (secondary N) is 3. The zero-order valence-corrected chi connectivity index (χ0v) is 31.4. The van der Waals surface area contributed by atoms with Gasteiger partial charge in [0.1, 0.15) is 11.6 Å². The number of amides is 3. The van der Waals surface area contributed by atoms with Crippen molar-refractivity contribution in [3.05, 3.63) is 70.5 Å². The van der Waals surface area contributed by atoms with Crippen LogP contribution < -0.4 is 33.2 Å². The quantitative estimate of drug-likeness (QED) is 0.0491. The van der Waals surface area contributed by atoms with Gasteiger partial charge < -0.3 is 37.3 Å². The molecule has 0 fully saturated rings. The number of carbonyl (C=O) groups excluding carboxylic acids is 4. The molecule has 9 N–H and O–H groups in total. The molecule has 0 saturated heterocycles. The van der Waals surface area contributed by atoms with Crippen LogP contribution in [0.4, 0.5) is 16.4 Å². The molecule has 1 aromatic heterocycles. The molecule has 1 heterocycles. The number of aromatic nitrogens is 2. The van der Waals surface area contributed by atoms with Gasteiger partial charge >= 0.3 is 12.1 Å². The number of hydrogen-bond donors (Lipinski definition) is 6. The average Bonchev–Trinajstić information content (AvgIpc) is 3.10. The van der Waals surface area contributed by atoms with E-state index >= 15 is 0 Å². The summed E-state index contributed by atoms with van der Waals surface area (Å²) in [4.78, 5) is 60.7. The van der Waals surface area contributed by atoms with Crippen LogP contribution in [0.5, 0.6) is 0 Å². The van der Waals surface area contributed by atoms with Crippen molar-refractivity contribution in [2.45, 2.75) is 83.8 Å². The van der Waals surface area contributed by atoms with Crippen LogP contribution in [-0.4, -0.2) is 71.6 Å². The highest BCUT2D eigenvalue weighted by Gasteiger charge is 2.24. The molecular weight excluding hydrogens is 702 g/mol. The number of anilines is 2. The van der Waals surface area contributed by atoms with Crippen molar-refractivity contribution in [1.82, 2.24) is 25.9 Å². The lowest BCUT2D eigenvalue weighted by Gasteiger charge is -2.22. The van der Waals surface area contributed by atoms with E-state index < -0.39 is 29.6 Å². The second kappa shape index (κ2) is 20.6. The molecule has 2 aromatic carbocycles. The number of aryl methyl sites for hydroxylation is 2. The van der Waals surface area contributed by atoms with Crippen LogP contribution in [0.3, 0.4) is 0 Å². The van der Waals surface area contributed by atoms with Crippen LogP contribution in [0.2, 0.25) is 5.15 Å². The summed E-state index contributed by atoms with van der Waals surface area (Å²) in [5.74, 6) is -1.57. The number of carbonyl (C=O) groups is 4. The van der Waals surface area contributed by atoms with E-state index in [1.807, 2.05) is 12.1 Å². The maximum absolute atomic E-state index is 12.4.